The maximum absolute atomic E-state index is 12.0. The molecule has 1 amide bonds. The van der Waals surface area contributed by atoms with Crippen LogP contribution in [-0.2, 0) is 12.8 Å². The van der Waals surface area contributed by atoms with E-state index in [1.807, 2.05) is 12.3 Å². The number of nitrogens with one attached hydrogen (secondary N) is 2. The third-order valence-electron chi connectivity index (χ3n) is 2.86. The number of hydrogen-bond donors (Lipinski definition) is 2. The second-order valence-corrected chi connectivity index (χ2v) is 4.99. The van der Waals surface area contributed by atoms with Gasteiger partial charge in [-0.2, -0.15) is 5.10 Å². The second kappa shape index (κ2) is 3.96. The van der Waals surface area contributed by atoms with Crippen molar-refractivity contribution < 1.29 is 4.79 Å². The first-order valence-corrected chi connectivity index (χ1v) is 6.41. The molecule has 0 radical (unpaired) electrons. The van der Waals surface area contributed by atoms with E-state index in [1.54, 1.807) is 0 Å². The fourth-order valence-corrected chi connectivity index (χ4v) is 2.76. The number of carbonyl (C=O) groups is 1. The summed E-state index contributed by atoms with van der Waals surface area (Å²) in [5, 5.41) is 12.3. The first-order chi connectivity index (χ1) is 8.24. The molecule has 0 fully saturated rings. The molecule has 2 N–H and O–H groups in total. The normalized spacial score (nSPS) is 13.7. The Morgan fingerprint density at radius 2 is 2.41 bits per heavy atom. The molecule has 1 aliphatic carbocycles. The van der Waals surface area contributed by atoms with Crippen LogP contribution in [0.15, 0.2) is 5.38 Å². The SMILES string of the molecule is Cc1csc(NC(=O)c2n[nH]c3c2CCC3)n1. The highest BCUT2D eigenvalue weighted by Gasteiger charge is 2.23. The Balaban J connectivity index is 1.82. The van der Waals surface area contributed by atoms with Crippen LogP contribution in [0.1, 0.15) is 33.9 Å². The largest absolute Gasteiger partial charge is 0.296 e. The minimum Gasteiger partial charge on any atom is -0.296 e. The molecule has 5 nitrogen and oxygen atoms in total. The molecule has 17 heavy (non-hydrogen) atoms. The number of thiazole rings is 1. The number of H-pyrrole nitrogens is 1. The average molecular weight is 248 g/mol. The molecule has 6 heteroatoms. The molecule has 2 aromatic rings. The predicted octanol–water partition coefficient (Wildman–Crippen LogP) is 1.92. The summed E-state index contributed by atoms with van der Waals surface area (Å²) in [7, 11) is 0. The van der Waals surface area contributed by atoms with E-state index in [0.717, 1.165) is 36.2 Å². The molecule has 0 aromatic carbocycles. The Morgan fingerprint density at radius 1 is 1.53 bits per heavy atom. The summed E-state index contributed by atoms with van der Waals surface area (Å²) in [5.41, 5.74) is 3.60. The van der Waals surface area contributed by atoms with Gasteiger partial charge in [0.25, 0.3) is 5.91 Å². The monoisotopic (exact) mass is 248 g/mol. The quantitative estimate of drug-likeness (QED) is 0.853. The summed E-state index contributed by atoms with van der Waals surface area (Å²) in [5.74, 6) is -0.168. The Kier molecular flexibility index (Phi) is 2.44. The highest BCUT2D eigenvalue weighted by Crippen LogP contribution is 2.24. The molecule has 2 aromatic heterocycles. The maximum atomic E-state index is 12.0. The van der Waals surface area contributed by atoms with Gasteiger partial charge in [-0.3, -0.25) is 15.2 Å². The Labute approximate surface area is 102 Å². The summed E-state index contributed by atoms with van der Waals surface area (Å²) in [6, 6.07) is 0. The fourth-order valence-electron chi connectivity index (χ4n) is 2.07. The molecule has 2 heterocycles. The van der Waals surface area contributed by atoms with Crippen LogP contribution < -0.4 is 5.32 Å². The van der Waals surface area contributed by atoms with E-state index in [9.17, 15) is 4.79 Å². The number of amides is 1. The number of fused-ring (bicyclic) bond motifs is 1. The van der Waals surface area contributed by atoms with Crippen LogP contribution in [0.4, 0.5) is 5.13 Å². The van der Waals surface area contributed by atoms with Crippen LogP contribution >= 0.6 is 11.3 Å². The van der Waals surface area contributed by atoms with E-state index in [2.05, 4.69) is 20.5 Å². The summed E-state index contributed by atoms with van der Waals surface area (Å²) >= 11 is 1.43. The van der Waals surface area contributed by atoms with Crippen molar-refractivity contribution in [3.63, 3.8) is 0 Å². The van der Waals surface area contributed by atoms with E-state index >= 15 is 0 Å². The lowest BCUT2D eigenvalue weighted by atomic mass is 10.2. The molecule has 88 valence electrons. The van der Waals surface area contributed by atoms with Gasteiger partial charge in [0, 0.05) is 16.6 Å². The smallest absolute Gasteiger partial charge is 0.278 e. The third kappa shape index (κ3) is 1.84. The predicted molar refractivity (Wildman–Crippen MR) is 65.4 cm³/mol. The second-order valence-electron chi connectivity index (χ2n) is 4.13. The van der Waals surface area contributed by atoms with Gasteiger partial charge < -0.3 is 0 Å². The molecule has 0 unspecified atom stereocenters. The minimum absolute atomic E-state index is 0.168. The zero-order valence-corrected chi connectivity index (χ0v) is 10.2. The van der Waals surface area contributed by atoms with Gasteiger partial charge >= 0.3 is 0 Å². The molecule has 0 saturated heterocycles. The first-order valence-electron chi connectivity index (χ1n) is 5.53. The summed E-state index contributed by atoms with van der Waals surface area (Å²) < 4.78 is 0. The zero-order chi connectivity index (χ0) is 11.8. The number of anilines is 1. The van der Waals surface area contributed by atoms with E-state index in [-0.39, 0.29) is 5.91 Å². The van der Waals surface area contributed by atoms with Crippen molar-refractivity contribution in [2.45, 2.75) is 26.2 Å². The van der Waals surface area contributed by atoms with Crippen LogP contribution in [0.5, 0.6) is 0 Å². The van der Waals surface area contributed by atoms with Gasteiger partial charge in [-0.1, -0.05) is 0 Å². The molecule has 0 aliphatic heterocycles. The zero-order valence-electron chi connectivity index (χ0n) is 9.41. The lowest BCUT2D eigenvalue weighted by molar-refractivity contribution is 0.102. The molecular weight excluding hydrogens is 236 g/mol. The molecule has 0 saturated carbocycles. The first kappa shape index (κ1) is 10.5. The number of nitrogens with zero attached hydrogens (tertiary/aromatic N) is 2. The molecule has 0 bridgehead atoms. The van der Waals surface area contributed by atoms with Gasteiger partial charge in [-0.25, -0.2) is 4.98 Å². The van der Waals surface area contributed by atoms with E-state index in [0.29, 0.717) is 10.8 Å². The molecule has 0 atom stereocenters. The number of hydrogen-bond acceptors (Lipinski definition) is 4. The molecule has 3 rings (SSSR count). The molecule has 1 aliphatic rings. The topological polar surface area (TPSA) is 70.7 Å². The lowest BCUT2D eigenvalue weighted by Crippen LogP contribution is -2.14. The third-order valence-corrected chi connectivity index (χ3v) is 3.74. The van der Waals surface area contributed by atoms with Crippen molar-refractivity contribution in [3.05, 3.63) is 28.0 Å². The van der Waals surface area contributed by atoms with Crippen LogP contribution in [0.25, 0.3) is 0 Å². The number of carbonyl (C=O) groups excluding carboxylic acids is 1. The maximum Gasteiger partial charge on any atom is 0.278 e. The van der Waals surface area contributed by atoms with Crippen molar-refractivity contribution in [1.29, 1.82) is 0 Å². The van der Waals surface area contributed by atoms with Crippen LogP contribution in [0.2, 0.25) is 0 Å². The summed E-state index contributed by atoms with van der Waals surface area (Å²) in [6.45, 7) is 1.90. The van der Waals surface area contributed by atoms with Crippen molar-refractivity contribution in [2.75, 3.05) is 5.32 Å². The highest BCUT2D eigenvalue weighted by atomic mass is 32.1. The number of rotatable bonds is 2. The lowest BCUT2D eigenvalue weighted by Gasteiger charge is -1.99. The van der Waals surface area contributed by atoms with Crippen molar-refractivity contribution in [2.24, 2.45) is 0 Å². The van der Waals surface area contributed by atoms with E-state index in [4.69, 9.17) is 0 Å². The van der Waals surface area contributed by atoms with Crippen molar-refractivity contribution in [1.82, 2.24) is 15.2 Å². The molecular formula is C11H12N4OS. The van der Waals surface area contributed by atoms with Gasteiger partial charge in [0.1, 0.15) is 0 Å². The average Bonchev–Trinajstić information content (AvgIpc) is 2.93. The standard InChI is InChI=1S/C11H12N4OS/c1-6-5-17-11(12-6)13-10(16)9-7-3-2-4-8(7)14-15-9/h5H,2-4H2,1H3,(H,14,15)(H,12,13,16). The van der Waals surface area contributed by atoms with Gasteiger partial charge in [0.15, 0.2) is 10.8 Å². The van der Waals surface area contributed by atoms with Gasteiger partial charge in [-0.15, -0.1) is 11.3 Å². The summed E-state index contributed by atoms with van der Waals surface area (Å²) in [4.78, 5) is 16.2. The highest BCUT2D eigenvalue weighted by molar-refractivity contribution is 7.13. The van der Waals surface area contributed by atoms with Gasteiger partial charge in [0.2, 0.25) is 0 Å². The van der Waals surface area contributed by atoms with E-state index in [1.165, 1.54) is 11.3 Å². The number of aryl methyl sites for hydroxylation is 2. The Hall–Kier alpha value is -1.69. The van der Waals surface area contributed by atoms with Gasteiger partial charge in [0.05, 0.1) is 5.69 Å². The summed E-state index contributed by atoms with van der Waals surface area (Å²) in [6.07, 6.45) is 3.03. The fraction of sp³-hybridized carbons (Fsp3) is 0.364. The van der Waals surface area contributed by atoms with E-state index < -0.39 is 0 Å². The van der Waals surface area contributed by atoms with Crippen LogP contribution in [-0.4, -0.2) is 21.1 Å². The van der Waals surface area contributed by atoms with Gasteiger partial charge in [-0.05, 0) is 26.2 Å². The Morgan fingerprint density at radius 3 is 3.18 bits per heavy atom. The number of aromatic amines is 1. The number of aromatic nitrogens is 3. The molecule has 0 spiro atoms. The van der Waals surface area contributed by atoms with Crippen LogP contribution in [0.3, 0.4) is 0 Å². The van der Waals surface area contributed by atoms with Crippen LogP contribution in [0, 0.1) is 6.92 Å². The van der Waals surface area contributed by atoms with Crippen molar-refractivity contribution in [3.8, 4) is 0 Å². The Bertz CT molecular complexity index is 572. The minimum atomic E-state index is -0.168. The van der Waals surface area contributed by atoms with Crippen molar-refractivity contribution >= 4 is 22.4 Å².